The van der Waals surface area contributed by atoms with E-state index >= 15 is 0 Å². The molecule has 0 aliphatic carbocycles. The summed E-state index contributed by atoms with van der Waals surface area (Å²) in [6, 6.07) is 11.9. The van der Waals surface area contributed by atoms with Crippen LogP contribution >= 0.6 is 11.3 Å². The number of ketones is 1. The molecule has 2 fully saturated rings. The minimum absolute atomic E-state index is 0.0324. The van der Waals surface area contributed by atoms with E-state index in [1.807, 2.05) is 74.2 Å². The minimum Gasteiger partial charge on any atom is -0.507 e. The highest BCUT2D eigenvalue weighted by atomic mass is 32.1. The highest BCUT2D eigenvalue weighted by Gasteiger charge is 2.46. The van der Waals surface area contributed by atoms with Crippen LogP contribution < -0.4 is 16.0 Å². The number of amides is 2. The minimum atomic E-state index is -0.896. The van der Waals surface area contributed by atoms with Gasteiger partial charge in [0.1, 0.15) is 29.5 Å². The summed E-state index contributed by atoms with van der Waals surface area (Å²) >= 11 is 1.57. The number of carbonyl (C=O) groups is 4. The lowest BCUT2D eigenvalue weighted by Crippen LogP contribution is -2.51. The van der Waals surface area contributed by atoms with Crippen LogP contribution in [0.1, 0.15) is 64.8 Å². The molecule has 4 N–H and O–H groups in total. The van der Waals surface area contributed by atoms with E-state index in [0.29, 0.717) is 31.9 Å². The molecule has 0 bridgehead atoms. The molecule has 2 amide bonds. The second-order valence-corrected chi connectivity index (χ2v) is 17.0. The summed E-state index contributed by atoms with van der Waals surface area (Å²) in [6.07, 6.45) is -0.553. The number of rotatable bonds is 12. The van der Waals surface area contributed by atoms with Crippen molar-refractivity contribution in [2.45, 2.75) is 72.6 Å². The van der Waals surface area contributed by atoms with E-state index < -0.39 is 35.3 Å². The Morgan fingerprint density at radius 1 is 1.05 bits per heavy atom. The van der Waals surface area contributed by atoms with Gasteiger partial charge in [0, 0.05) is 57.4 Å². The molecule has 0 spiro atoms. The summed E-state index contributed by atoms with van der Waals surface area (Å²) in [5.74, 6) is -2.52. The zero-order valence-corrected chi connectivity index (χ0v) is 34.5. The van der Waals surface area contributed by atoms with Crippen molar-refractivity contribution < 1.29 is 33.4 Å². The molecule has 14 nitrogen and oxygen atoms in total. The average Bonchev–Trinajstić information content (AvgIpc) is 3.80. The SMILES string of the molecule is CC(=O)O[C@@H]1C[C@@H](C(=O)N[C@@H](C)c2ccc(-c3scnc3C)cc2)N(C(=O)[C@@H](CC(=O)CN2CCN(c3cc(-c4cc(F)ccc4O)nnc3N)CC2)C(C)(C)C)C1. The van der Waals surface area contributed by atoms with Gasteiger partial charge in [0.2, 0.25) is 11.8 Å². The first kappa shape index (κ1) is 42.1. The summed E-state index contributed by atoms with van der Waals surface area (Å²) in [6.45, 7) is 13.1. The van der Waals surface area contributed by atoms with Crippen molar-refractivity contribution in [2.24, 2.45) is 11.3 Å². The first-order chi connectivity index (χ1) is 27.5. The van der Waals surface area contributed by atoms with Crippen molar-refractivity contribution in [2.75, 3.05) is 49.9 Å². The fourth-order valence-corrected chi connectivity index (χ4v) is 8.46. The molecule has 6 rings (SSSR count). The Morgan fingerprint density at radius 3 is 2.40 bits per heavy atom. The first-order valence-electron chi connectivity index (χ1n) is 19.4. The number of Topliss-reactive ketones (excluding diaryl/α,β-unsaturated/α-hetero) is 1. The molecule has 2 saturated heterocycles. The van der Waals surface area contributed by atoms with Gasteiger partial charge in [-0.3, -0.25) is 24.1 Å². The number of anilines is 2. The maximum Gasteiger partial charge on any atom is 0.302 e. The number of phenolic OH excluding ortho intramolecular Hbond substituents is 1. The van der Waals surface area contributed by atoms with Gasteiger partial charge in [0.05, 0.1) is 46.6 Å². The van der Waals surface area contributed by atoms with E-state index in [1.165, 1.54) is 24.0 Å². The molecule has 0 saturated carbocycles. The summed E-state index contributed by atoms with van der Waals surface area (Å²) in [4.78, 5) is 65.0. The van der Waals surface area contributed by atoms with Gasteiger partial charge in [0.25, 0.3) is 0 Å². The lowest BCUT2D eigenvalue weighted by molar-refractivity contribution is -0.148. The van der Waals surface area contributed by atoms with E-state index in [9.17, 15) is 28.7 Å². The fourth-order valence-electron chi connectivity index (χ4n) is 7.65. The molecule has 4 atom stereocenters. The van der Waals surface area contributed by atoms with E-state index in [4.69, 9.17) is 10.5 Å². The number of nitrogen functional groups attached to an aromatic ring is 1. The van der Waals surface area contributed by atoms with Gasteiger partial charge in [-0.05, 0) is 54.7 Å². The molecular weight excluding hydrogens is 764 g/mol. The number of halogens is 1. The predicted molar refractivity (Wildman–Crippen MR) is 219 cm³/mol. The van der Waals surface area contributed by atoms with E-state index in [2.05, 4.69) is 20.5 Å². The second-order valence-electron chi connectivity index (χ2n) is 16.2. The number of phenols is 1. The third kappa shape index (κ3) is 9.79. The number of hydrogen-bond acceptors (Lipinski definition) is 13. The zero-order valence-electron chi connectivity index (χ0n) is 33.7. The molecule has 0 unspecified atom stereocenters. The number of esters is 1. The number of aryl methyl sites for hydroxylation is 1. The number of hydrogen-bond donors (Lipinski definition) is 3. The van der Waals surface area contributed by atoms with Crippen molar-refractivity contribution in [3.8, 4) is 27.4 Å². The Morgan fingerprint density at radius 2 is 1.76 bits per heavy atom. The molecule has 2 aliphatic heterocycles. The third-order valence-corrected chi connectivity index (χ3v) is 11.9. The highest BCUT2D eigenvalue weighted by Crippen LogP contribution is 2.36. The summed E-state index contributed by atoms with van der Waals surface area (Å²) in [5.41, 5.74) is 11.3. The Balaban J connectivity index is 1.09. The standard InChI is InChI=1S/C42H51FN8O6S/c1-24(27-7-9-28(10-8-27)38-25(2)45-23-58-38)46-40(55)36-19-31(57-26(3)52)22-51(36)41(56)33(42(4,5)6)18-30(53)21-49-13-15-50(16-14-49)35-20-34(47-48-39(35)44)32-17-29(43)11-12-37(32)54/h7-12,17,20,23-24,31,33,36,54H,13-16,18-19,21-22H2,1-6H3,(H2,44,48)(H,46,55)/t24-,31+,33+,36-/m0/s1. The number of nitrogens with two attached hydrogens (primary N) is 1. The topological polar surface area (TPSA) is 184 Å². The fraction of sp³-hybridized carbons (Fsp3) is 0.452. The van der Waals surface area contributed by atoms with Gasteiger partial charge >= 0.3 is 5.97 Å². The van der Waals surface area contributed by atoms with E-state index in [-0.39, 0.29) is 72.4 Å². The molecule has 4 heterocycles. The lowest BCUT2D eigenvalue weighted by atomic mass is 9.76. The second kappa shape index (κ2) is 17.6. The van der Waals surface area contributed by atoms with Crippen molar-refractivity contribution in [3.05, 3.63) is 71.1 Å². The Labute approximate surface area is 341 Å². The number of benzene rings is 2. The van der Waals surface area contributed by atoms with E-state index in [1.54, 1.807) is 17.4 Å². The monoisotopic (exact) mass is 814 g/mol. The number of thiazole rings is 1. The largest absolute Gasteiger partial charge is 0.507 e. The van der Waals surface area contributed by atoms with Crippen LogP contribution in [0.15, 0.2) is 54.0 Å². The van der Waals surface area contributed by atoms with Crippen molar-refractivity contribution >= 4 is 46.4 Å². The molecule has 308 valence electrons. The molecule has 2 aromatic heterocycles. The molecule has 58 heavy (non-hydrogen) atoms. The molecule has 2 aromatic carbocycles. The molecule has 0 radical (unpaired) electrons. The van der Waals surface area contributed by atoms with Crippen LogP contribution in [0.5, 0.6) is 5.75 Å². The Bertz CT molecular complexity index is 2150. The quantitative estimate of drug-likeness (QED) is 0.160. The van der Waals surface area contributed by atoms with E-state index in [0.717, 1.165) is 27.8 Å². The van der Waals surface area contributed by atoms with Crippen molar-refractivity contribution in [1.29, 1.82) is 0 Å². The lowest BCUT2D eigenvalue weighted by Gasteiger charge is -2.37. The van der Waals surface area contributed by atoms with Gasteiger partial charge < -0.3 is 30.7 Å². The summed E-state index contributed by atoms with van der Waals surface area (Å²) < 4.78 is 19.5. The first-order valence-corrected chi connectivity index (χ1v) is 20.3. The number of piperazine rings is 1. The Kier molecular flexibility index (Phi) is 12.8. The Hall–Kier alpha value is -5.48. The number of nitrogens with one attached hydrogen (secondary N) is 1. The maximum absolute atomic E-state index is 14.5. The summed E-state index contributed by atoms with van der Waals surface area (Å²) in [5, 5.41) is 21.5. The highest BCUT2D eigenvalue weighted by molar-refractivity contribution is 7.13. The van der Waals surface area contributed by atoms with Gasteiger partial charge in [-0.25, -0.2) is 9.37 Å². The average molecular weight is 815 g/mol. The number of aromatic hydroxyl groups is 1. The van der Waals surface area contributed by atoms with Gasteiger partial charge in [0.15, 0.2) is 5.82 Å². The smallest absolute Gasteiger partial charge is 0.302 e. The van der Waals surface area contributed by atoms with Gasteiger partial charge in [-0.2, -0.15) is 0 Å². The zero-order chi connectivity index (χ0) is 41.9. The third-order valence-electron chi connectivity index (χ3n) is 10.9. The van der Waals surface area contributed by atoms with Crippen LogP contribution in [0.2, 0.25) is 0 Å². The van der Waals surface area contributed by atoms with Gasteiger partial charge in [-0.15, -0.1) is 21.5 Å². The maximum atomic E-state index is 14.5. The predicted octanol–water partition coefficient (Wildman–Crippen LogP) is 5.16. The molecule has 2 aliphatic rings. The van der Waals surface area contributed by atoms with Crippen molar-refractivity contribution in [3.63, 3.8) is 0 Å². The number of nitrogens with zero attached hydrogens (tertiary/aromatic N) is 6. The molecule has 16 heteroatoms. The number of likely N-dealkylation sites (tertiary alicyclic amines) is 1. The molecule has 4 aromatic rings. The molecular formula is C42H51FN8O6S. The summed E-state index contributed by atoms with van der Waals surface area (Å²) in [7, 11) is 0. The number of carbonyl (C=O) groups excluding carboxylic acids is 4. The normalized spacial score (nSPS) is 18.5. The number of aromatic nitrogens is 3. The van der Waals surface area contributed by atoms with Crippen LogP contribution in [0, 0.1) is 24.1 Å². The van der Waals surface area contributed by atoms with Gasteiger partial charge in [-0.1, -0.05) is 45.0 Å². The van der Waals surface area contributed by atoms with Crippen molar-refractivity contribution in [1.82, 2.24) is 30.3 Å². The van der Waals surface area contributed by atoms with Crippen LogP contribution in [0.3, 0.4) is 0 Å². The van der Waals surface area contributed by atoms with Crippen LogP contribution in [-0.2, 0) is 23.9 Å². The van der Waals surface area contributed by atoms with Crippen LogP contribution in [0.25, 0.3) is 21.7 Å². The van der Waals surface area contributed by atoms with Crippen LogP contribution in [-0.4, -0.2) is 105 Å². The number of ether oxygens (including phenoxy) is 1. The van der Waals surface area contributed by atoms with Crippen LogP contribution in [0.4, 0.5) is 15.9 Å².